The maximum Gasteiger partial charge on any atom is 0.255 e. The van der Waals surface area contributed by atoms with Crippen molar-refractivity contribution in [3.63, 3.8) is 0 Å². The van der Waals surface area contributed by atoms with Crippen molar-refractivity contribution < 1.29 is 24.5 Å². The number of methoxy groups -OCH3 is 1. The molecule has 6 heteroatoms. The molecular weight excluding hydrogens is 262 g/mol. The van der Waals surface area contributed by atoms with Gasteiger partial charge in [-0.25, -0.2) is 0 Å². The molecule has 1 aromatic rings. The Kier molecular flexibility index (Phi) is 6.83. The first-order valence-corrected chi connectivity index (χ1v) is 6.50. The van der Waals surface area contributed by atoms with E-state index in [1.54, 1.807) is 12.1 Å². The van der Waals surface area contributed by atoms with Crippen LogP contribution in [-0.4, -0.2) is 49.1 Å². The molecule has 20 heavy (non-hydrogen) atoms. The van der Waals surface area contributed by atoms with Crippen LogP contribution in [0.4, 0.5) is 0 Å². The van der Waals surface area contributed by atoms with E-state index >= 15 is 0 Å². The van der Waals surface area contributed by atoms with Crippen LogP contribution in [-0.2, 0) is 4.74 Å². The summed E-state index contributed by atoms with van der Waals surface area (Å²) in [4.78, 5) is 11.9. The van der Waals surface area contributed by atoms with Gasteiger partial charge in [0.2, 0.25) is 0 Å². The van der Waals surface area contributed by atoms with Gasteiger partial charge in [0.25, 0.3) is 5.91 Å². The fraction of sp³-hybridized carbons (Fsp3) is 0.500. The number of aromatic hydroxyl groups is 1. The molecule has 0 heterocycles. The number of amides is 1. The highest BCUT2D eigenvalue weighted by Gasteiger charge is 2.15. The van der Waals surface area contributed by atoms with Crippen LogP contribution in [0.25, 0.3) is 0 Å². The summed E-state index contributed by atoms with van der Waals surface area (Å²) in [6.07, 6.45) is 0.208. The zero-order valence-electron chi connectivity index (χ0n) is 11.8. The number of rotatable bonds is 8. The number of hydrogen-bond acceptors (Lipinski definition) is 5. The second-order valence-electron chi connectivity index (χ2n) is 4.16. The van der Waals surface area contributed by atoms with Gasteiger partial charge in [-0.3, -0.25) is 4.79 Å². The monoisotopic (exact) mass is 283 g/mol. The van der Waals surface area contributed by atoms with Gasteiger partial charge in [-0.15, -0.1) is 0 Å². The number of hydrogen-bond donors (Lipinski definition) is 3. The number of benzene rings is 1. The minimum absolute atomic E-state index is 0.0892. The Balaban J connectivity index is 2.55. The number of aliphatic hydroxyl groups is 1. The Morgan fingerprint density at radius 1 is 1.45 bits per heavy atom. The molecule has 0 saturated carbocycles. The van der Waals surface area contributed by atoms with Gasteiger partial charge >= 0.3 is 0 Å². The topological polar surface area (TPSA) is 88.0 Å². The molecule has 0 aliphatic rings. The molecule has 0 aliphatic heterocycles. The first-order chi connectivity index (χ1) is 9.63. The van der Waals surface area contributed by atoms with Crippen molar-refractivity contribution in [1.29, 1.82) is 0 Å². The Morgan fingerprint density at radius 3 is 2.80 bits per heavy atom. The quantitative estimate of drug-likeness (QED) is 0.660. The van der Waals surface area contributed by atoms with Crippen LogP contribution in [0.2, 0.25) is 0 Å². The van der Waals surface area contributed by atoms with Crippen LogP contribution in [0, 0.1) is 0 Å². The Morgan fingerprint density at radius 2 is 2.20 bits per heavy atom. The maximum absolute atomic E-state index is 11.9. The number of phenolic OH excluding ortho intramolecular Hbond substituents is 1. The van der Waals surface area contributed by atoms with E-state index in [2.05, 4.69) is 5.32 Å². The largest absolute Gasteiger partial charge is 0.504 e. The van der Waals surface area contributed by atoms with E-state index in [9.17, 15) is 9.90 Å². The number of phenols is 1. The molecule has 6 nitrogen and oxygen atoms in total. The average Bonchev–Trinajstić information content (AvgIpc) is 2.46. The molecule has 0 spiro atoms. The molecule has 1 rings (SSSR count). The molecule has 0 bridgehead atoms. The van der Waals surface area contributed by atoms with E-state index in [0.29, 0.717) is 19.6 Å². The third kappa shape index (κ3) is 4.40. The molecule has 1 amide bonds. The summed E-state index contributed by atoms with van der Waals surface area (Å²) in [5.41, 5.74) is 0.154. The van der Waals surface area contributed by atoms with Crippen molar-refractivity contribution in [2.75, 3.05) is 26.9 Å². The molecule has 0 fully saturated rings. The highest BCUT2D eigenvalue weighted by atomic mass is 16.5. The standard InChI is InChI=1S/C14H21NO5/c1-3-20-10(9-16)7-8-15-14(18)11-5-4-6-12(19-2)13(11)17/h4-6,10,16-17H,3,7-9H2,1-2H3,(H,15,18)/t10-/m0/s1. The predicted octanol–water partition coefficient (Wildman–Crippen LogP) is 0.918. The number of aliphatic hydroxyl groups excluding tert-OH is 1. The van der Waals surface area contributed by atoms with E-state index in [4.69, 9.17) is 14.6 Å². The SMILES string of the molecule is CCO[C@H](CO)CCNC(=O)c1cccc(OC)c1O. The van der Waals surface area contributed by atoms with Gasteiger partial charge in [-0.05, 0) is 25.5 Å². The van der Waals surface area contributed by atoms with Gasteiger partial charge in [0, 0.05) is 13.2 Å². The Hall–Kier alpha value is -1.79. The lowest BCUT2D eigenvalue weighted by atomic mass is 10.1. The summed E-state index contributed by atoms with van der Waals surface area (Å²) in [5, 5.41) is 21.6. The van der Waals surface area contributed by atoms with Gasteiger partial charge in [-0.2, -0.15) is 0 Å². The van der Waals surface area contributed by atoms with Gasteiger partial charge in [0.05, 0.1) is 25.4 Å². The fourth-order valence-corrected chi connectivity index (χ4v) is 1.78. The molecule has 1 atom stereocenters. The van der Waals surface area contributed by atoms with Crippen molar-refractivity contribution in [2.24, 2.45) is 0 Å². The molecule has 1 aromatic carbocycles. The van der Waals surface area contributed by atoms with Crippen molar-refractivity contribution in [2.45, 2.75) is 19.4 Å². The first kappa shape index (κ1) is 16.3. The third-order valence-corrected chi connectivity index (χ3v) is 2.82. The van der Waals surface area contributed by atoms with Gasteiger partial charge < -0.3 is 25.0 Å². The summed E-state index contributed by atoms with van der Waals surface area (Å²) in [7, 11) is 1.42. The van der Waals surface area contributed by atoms with Crippen LogP contribution in [0.3, 0.4) is 0 Å². The van der Waals surface area contributed by atoms with Crippen LogP contribution >= 0.6 is 0 Å². The molecule has 0 aliphatic carbocycles. The molecule has 3 N–H and O–H groups in total. The molecule has 112 valence electrons. The van der Waals surface area contributed by atoms with Crippen LogP contribution in [0.15, 0.2) is 18.2 Å². The van der Waals surface area contributed by atoms with E-state index in [1.807, 2.05) is 6.92 Å². The number of carbonyl (C=O) groups excluding carboxylic acids is 1. The fourth-order valence-electron chi connectivity index (χ4n) is 1.78. The lowest BCUT2D eigenvalue weighted by Gasteiger charge is -2.14. The van der Waals surface area contributed by atoms with Crippen LogP contribution < -0.4 is 10.1 Å². The van der Waals surface area contributed by atoms with Crippen LogP contribution in [0.5, 0.6) is 11.5 Å². The molecule has 0 unspecified atom stereocenters. The van der Waals surface area contributed by atoms with Crippen molar-refractivity contribution in [3.05, 3.63) is 23.8 Å². The normalized spacial score (nSPS) is 11.9. The van der Waals surface area contributed by atoms with E-state index < -0.39 is 5.91 Å². The lowest BCUT2D eigenvalue weighted by Crippen LogP contribution is -2.29. The summed E-state index contributed by atoms with van der Waals surface area (Å²) >= 11 is 0. The maximum atomic E-state index is 11.9. The van der Waals surface area contributed by atoms with Crippen LogP contribution in [0.1, 0.15) is 23.7 Å². The van der Waals surface area contributed by atoms with Gasteiger partial charge in [-0.1, -0.05) is 6.07 Å². The molecule has 0 radical (unpaired) electrons. The smallest absolute Gasteiger partial charge is 0.255 e. The third-order valence-electron chi connectivity index (χ3n) is 2.82. The Labute approximate surface area is 118 Å². The zero-order chi connectivity index (χ0) is 15.0. The number of nitrogens with one attached hydrogen (secondary N) is 1. The van der Waals surface area contributed by atoms with Crippen molar-refractivity contribution in [1.82, 2.24) is 5.32 Å². The second kappa shape index (κ2) is 8.39. The highest BCUT2D eigenvalue weighted by Crippen LogP contribution is 2.29. The summed E-state index contributed by atoms with van der Waals surface area (Å²) in [5.74, 6) is -0.328. The highest BCUT2D eigenvalue weighted by molar-refractivity contribution is 5.97. The van der Waals surface area contributed by atoms with E-state index in [-0.39, 0.29) is 29.8 Å². The summed E-state index contributed by atoms with van der Waals surface area (Å²) < 4.78 is 10.2. The minimum atomic E-state index is -0.394. The molecule has 0 aromatic heterocycles. The first-order valence-electron chi connectivity index (χ1n) is 6.50. The minimum Gasteiger partial charge on any atom is -0.504 e. The van der Waals surface area contributed by atoms with Gasteiger partial charge in [0.15, 0.2) is 11.5 Å². The van der Waals surface area contributed by atoms with E-state index in [0.717, 1.165) is 0 Å². The van der Waals surface area contributed by atoms with Gasteiger partial charge in [0.1, 0.15) is 0 Å². The molecule has 0 saturated heterocycles. The summed E-state index contributed by atoms with van der Waals surface area (Å²) in [6, 6.07) is 4.71. The zero-order valence-corrected chi connectivity index (χ0v) is 11.8. The Bertz CT molecular complexity index is 436. The van der Waals surface area contributed by atoms with Crippen molar-refractivity contribution >= 4 is 5.91 Å². The summed E-state index contributed by atoms with van der Waals surface area (Å²) in [6.45, 7) is 2.61. The van der Waals surface area contributed by atoms with Crippen molar-refractivity contribution in [3.8, 4) is 11.5 Å². The number of ether oxygens (including phenoxy) is 2. The number of para-hydroxylation sites is 1. The average molecular weight is 283 g/mol. The van der Waals surface area contributed by atoms with E-state index in [1.165, 1.54) is 13.2 Å². The molecular formula is C14H21NO5. The predicted molar refractivity (Wildman–Crippen MR) is 74.1 cm³/mol. The lowest BCUT2D eigenvalue weighted by molar-refractivity contribution is 0.0154. The number of carbonyl (C=O) groups is 1. The second-order valence-corrected chi connectivity index (χ2v) is 4.16.